The number of rotatable bonds is 25. The zero-order valence-electron chi connectivity index (χ0n) is 57.8. The molecular formula is C62H124O20. The first-order chi connectivity index (χ1) is 36.6. The van der Waals surface area contributed by atoms with Gasteiger partial charge in [0.1, 0.15) is 6.42 Å². The van der Waals surface area contributed by atoms with Crippen molar-refractivity contribution in [1.29, 1.82) is 0 Å². The molecule has 1 atom stereocenters. The van der Waals surface area contributed by atoms with E-state index in [1.54, 1.807) is 20.8 Å². The van der Waals surface area contributed by atoms with Crippen molar-refractivity contribution in [3.05, 3.63) is 0 Å². The Hall–Kier alpha value is -1.70. The fraction of sp³-hybridized carbons (Fsp3) is 0.968. The summed E-state index contributed by atoms with van der Waals surface area (Å²) in [6.07, 6.45) is 9.72. The van der Waals surface area contributed by atoms with Crippen molar-refractivity contribution in [2.75, 3.05) is 13.2 Å². The van der Waals surface area contributed by atoms with Gasteiger partial charge in [-0.25, -0.2) is 39.1 Å². The summed E-state index contributed by atoms with van der Waals surface area (Å²) >= 11 is 0. The van der Waals surface area contributed by atoms with Crippen LogP contribution in [0.2, 0.25) is 0 Å². The van der Waals surface area contributed by atoms with E-state index in [2.05, 4.69) is 20.8 Å². The molecular weight excluding hydrogens is 1060 g/mol. The maximum Gasteiger partial charge on any atom is 0.311 e. The molecule has 0 spiro atoms. The lowest BCUT2D eigenvalue weighted by atomic mass is 9.70. The molecule has 0 aromatic rings. The standard InChI is InChI=1S/C17H34O6.C17H34O4.C14H28O6.C14H28O4/c1-9-10-13-19-14(18)11-12-17(8,22-20-15(2,3)4)23-21-16(5,6)7;1-13-10-16(8,9)12-17(11-13,20-18-14(2,3)4)21-19-15(5,6)7;1-9-16-11(15)10-14(8,19-17-12(2,3)4)20-18-13(5,6)7;1-12(2,3)15-17-14(10-8-7-9-11-14)18-16-13(4,5)6/h9-13H2,1-8H3;13H,10-12H2,1-9H3;9-10H2,1-8H3;7-11H2,1-6H3. The molecule has 20 heteroatoms. The molecule has 0 saturated heterocycles. The van der Waals surface area contributed by atoms with Crippen LogP contribution in [-0.4, -0.2) is 93.1 Å². The summed E-state index contributed by atoms with van der Waals surface area (Å²) in [5.74, 6) is -4.44. The first kappa shape index (κ1) is 82.4. The van der Waals surface area contributed by atoms with E-state index in [0.717, 1.165) is 57.8 Å². The fourth-order valence-electron chi connectivity index (χ4n) is 6.86. The minimum absolute atomic E-state index is 0.125. The maximum absolute atomic E-state index is 11.8. The van der Waals surface area contributed by atoms with Gasteiger partial charge in [-0.1, -0.05) is 40.5 Å². The average molecular weight is 1190 g/mol. The molecule has 0 radical (unpaired) electrons. The molecule has 0 aromatic carbocycles. The second-order valence-electron chi connectivity index (χ2n) is 30.8. The Morgan fingerprint density at radius 3 is 1.07 bits per heavy atom. The van der Waals surface area contributed by atoms with Gasteiger partial charge in [0.2, 0.25) is 23.1 Å². The first-order valence-electron chi connectivity index (χ1n) is 29.8. The summed E-state index contributed by atoms with van der Waals surface area (Å²) in [5.41, 5.74) is -3.44. The number of carbonyl (C=O) groups is 2. The van der Waals surface area contributed by atoms with Crippen LogP contribution in [-0.2, 0) is 97.3 Å². The quantitative estimate of drug-likeness (QED) is 0.0274. The SMILES string of the molecule is CC(C)(C)OOC1(OOC(C)(C)C)CCCCC1.CC1CC(C)(C)CC(OOC(C)(C)C)(OOC(C)(C)C)C1.CCCCOC(=O)CCC(C)(OOC(C)(C)C)OOC(C)(C)C.CCOC(=O)CC(C)(OOC(C)(C)C)OOC(C)(C)C. The van der Waals surface area contributed by atoms with Crippen LogP contribution in [0.4, 0.5) is 0 Å². The predicted octanol–water partition coefficient (Wildman–Crippen LogP) is 16.6. The monoisotopic (exact) mass is 1190 g/mol. The van der Waals surface area contributed by atoms with Crippen LogP contribution >= 0.6 is 0 Å². The van der Waals surface area contributed by atoms with Crippen molar-refractivity contribution in [2.45, 2.75) is 366 Å². The number of esters is 2. The van der Waals surface area contributed by atoms with Crippen molar-refractivity contribution in [1.82, 2.24) is 0 Å². The highest BCUT2D eigenvalue weighted by Gasteiger charge is 2.49. The van der Waals surface area contributed by atoms with Crippen molar-refractivity contribution in [3.63, 3.8) is 0 Å². The highest BCUT2D eigenvalue weighted by atomic mass is 17.3. The van der Waals surface area contributed by atoms with E-state index in [4.69, 9.17) is 87.7 Å². The van der Waals surface area contributed by atoms with Gasteiger partial charge < -0.3 is 9.47 Å². The largest absolute Gasteiger partial charge is 0.466 e. The summed E-state index contributed by atoms with van der Waals surface area (Å²) < 4.78 is 10.0. The van der Waals surface area contributed by atoms with Crippen molar-refractivity contribution in [3.8, 4) is 0 Å². The lowest BCUT2D eigenvalue weighted by Gasteiger charge is -2.46. The Balaban J connectivity index is 0. The molecule has 2 fully saturated rings. The van der Waals surface area contributed by atoms with Crippen LogP contribution < -0.4 is 0 Å². The molecule has 2 saturated carbocycles. The number of hydrogen-bond donors (Lipinski definition) is 0. The third-order valence-electron chi connectivity index (χ3n) is 9.88. The Morgan fingerprint density at radius 1 is 0.415 bits per heavy atom. The van der Waals surface area contributed by atoms with Crippen molar-refractivity contribution < 1.29 is 97.3 Å². The molecule has 0 amide bonds. The van der Waals surface area contributed by atoms with Crippen LogP contribution in [0.15, 0.2) is 0 Å². The summed E-state index contributed by atoms with van der Waals surface area (Å²) in [6, 6.07) is 0. The molecule has 0 bridgehead atoms. The molecule has 20 nitrogen and oxygen atoms in total. The summed E-state index contributed by atoms with van der Waals surface area (Å²) in [4.78, 5) is 111. The predicted molar refractivity (Wildman–Crippen MR) is 314 cm³/mol. The zero-order chi connectivity index (χ0) is 64.6. The van der Waals surface area contributed by atoms with Gasteiger partial charge >= 0.3 is 11.9 Å². The highest BCUT2D eigenvalue weighted by molar-refractivity contribution is 5.70. The second kappa shape index (κ2) is 34.7. The minimum Gasteiger partial charge on any atom is -0.466 e. The van der Waals surface area contributed by atoms with E-state index in [0.29, 0.717) is 12.5 Å². The summed E-state index contributed by atoms with van der Waals surface area (Å²) in [5, 5.41) is 0. The van der Waals surface area contributed by atoms with Crippen LogP contribution in [0.1, 0.15) is 298 Å². The maximum atomic E-state index is 11.8. The average Bonchev–Trinajstić information content (AvgIpc) is 3.27. The molecule has 1 unspecified atom stereocenters. The smallest absolute Gasteiger partial charge is 0.311 e. The lowest BCUT2D eigenvalue weighted by molar-refractivity contribution is -0.551. The van der Waals surface area contributed by atoms with Crippen molar-refractivity contribution >= 4 is 11.9 Å². The number of unbranched alkanes of at least 4 members (excludes halogenated alkanes) is 1. The van der Waals surface area contributed by atoms with Gasteiger partial charge in [0.25, 0.3) is 0 Å². The second-order valence-corrected chi connectivity index (χ2v) is 30.8. The summed E-state index contributed by atoms with van der Waals surface area (Å²) in [7, 11) is 0. The van der Waals surface area contributed by atoms with E-state index in [9.17, 15) is 9.59 Å². The molecule has 2 aliphatic carbocycles. The Morgan fingerprint density at radius 2 is 0.756 bits per heavy atom. The van der Waals surface area contributed by atoms with Gasteiger partial charge in [0.05, 0.1) is 64.4 Å². The van der Waals surface area contributed by atoms with Gasteiger partial charge in [-0.05, 0) is 224 Å². The lowest BCUT2D eigenvalue weighted by Crippen LogP contribution is -2.48. The number of hydrogen-bond acceptors (Lipinski definition) is 20. The first-order valence-corrected chi connectivity index (χ1v) is 29.8. The molecule has 492 valence electrons. The third-order valence-corrected chi connectivity index (χ3v) is 9.88. The molecule has 0 heterocycles. The fourth-order valence-corrected chi connectivity index (χ4v) is 6.86. The zero-order valence-corrected chi connectivity index (χ0v) is 57.8. The van der Waals surface area contributed by atoms with Gasteiger partial charge in [-0.15, -0.1) is 0 Å². The normalized spacial score (nSPS) is 18.2. The van der Waals surface area contributed by atoms with Gasteiger partial charge in [0, 0.05) is 32.1 Å². The number of carbonyl (C=O) groups excluding carboxylic acids is 2. The Labute approximate surface area is 498 Å². The topological polar surface area (TPSA) is 200 Å². The van der Waals surface area contributed by atoms with E-state index in [-0.39, 0.29) is 59.7 Å². The minimum atomic E-state index is -1.38. The van der Waals surface area contributed by atoms with E-state index in [1.807, 2.05) is 173 Å². The number of ether oxygens (including phenoxy) is 2. The van der Waals surface area contributed by atoms with Crippen molar-refractivity contribution in [2.24, 2.45) is 11.3 Å². The van der Waals surface area contributed by atoms with Crippen LogP contribution in [0.5, 0.6) is 0 Å². The molecule has 2 aliphatic rings. The molecule has 0 aromatic heterocycles. The van der Waals surface area contributed by atoms with Gasteiger partial charge in [-0.3, -0.25) is 9.59 Å². The summed E-state index contributed by atoms with van der Waals surface area (Å²) in [6.45, 7) is 60.0. The molecule has 82 heavy (non-hydrogen) atoms. The van der Waals surface area contributed by atoms with Crippen LogP contribution in [0.25, 0.3) is 0 Å². The van der Waals surface area contributed by atoms with E-state index >= 15 is 0 Å². The van der Waals surface area contributed by atoms with Crippen LogP contribution in [0, 0.1) is 11.3 Å². The van der Waals surface area contributed by atoms with E-state index in [1.165, 1.54) is 6.42 Å². The van der Waals surface area contributed by atoms with E-state index < -0.39 is 51.5 Å². The Bertz CT molecular complexity index is 1650. The molecule has 0 N–H and O–H groups in total. The molecule has 0 aliphatic heterocycles. The van der Waals surface area contributed by atoms with Gasteiger partial charge in [0.15, 0.2) is 0 Å². The Kier molecular flexibility index (Phi) is 34.9. The van der Waals surface area contributed by atoms with Crippen LogP contribution in [0.3, 0.4) is 0 Å². The van der Waals surface area contributed by atoms with Gasteiger partial charge in [-0.2, -0.15) is 39.1 Å². The highest BCUT2D eigenvalue weighted by Crippen LogP contribution is 2.47. The molecule has 2 rings (SSSR count). The third kappa shape index (κ3) is 47.4.